The molecule has 1 aromatic heterocycles. The maximum Gasteiger partial charge on any atom is 0.229 e. The van der Waals surface area contributed by atoms with E-state index in [4.69, 9.17) is 11.6 Å². The first-order chi connectivity index (χ1) is 12.1. The van der Waals surface area contributed by atoms with Crippen molar-refractivity contribution in [3.8, 4) is 0 Å². The fraction of sp³-hybridized carbons (Fsp3) is 0.158. The van der Waals surface area contributed by atoms with Gasteiger partial charge in [0.25, 0.3) is 0 Å². The van der Waals surface area contributed by atoms with Crippen molar-refractivity contribution in [1.82, 2.24) is 9.97 Å². The van der Waals surface area contributed by atoms with E-state index in [1.165, 1.54) is 12.1 Å². The van der Waals surface area contributed by atoms with E-state index in [1.54, 1.807) is 12.1 Å². The molecular formula is C19H18ClFN4. The van der Waals surface area contributed by atoms with Crippen LogP contribution in [0.3, 0.4) is 0 Å². The third kappa shape index (κ3) is 5.16. The van der Waals surface area contributed by atoms with Crippen LogP contribution in [0.2, 0.25) is 5.02 Å². The number of nitrogens with one attached hydrogen (secondary N) is 2. The number of hydrogen-bond donors (Lipinski definition) is 2. The van der Waals surface area contributed by atoms with E-state index < -0.39 is 0 Å². The summed E-state index contributed by atoms with van der Waals surface area (Å²) in [6.07, 6.45) is 0.830. The molecule has 0 fully saturated rings. The molecule has 128 valence electrons. The predicted octanol–water partition coefficient (Wildman–Crippen LogP) is 4.98. The number of aryl methyl sites for hydroxylation is 1. The Balaban J connectivity index is 1.65. The lowest BCUT2D eigenvalue weighted by Crippen LogP contribution is -2.08. The van der Waals surface area contributed by atoms with Crippen LogP contribution in [0.15, 0.2) is 54.6 Å². The number of anilines is 3. The minimum absolute atomic E-state index is 0.308. The highest BCUT2D eigenvalue weighted by Gasteiger charge is 2.04. The SMILES string of the molecule is Cc1cc(NCCc2cccc(Cl)c2)nc(Nc2cccc(F)c2)n1. The molecule has 25 heavy (non-hydrogen) atoms. The molecule has 3 aromatic rings. The number of nitrogens with zero attached hydrogens (tertiary/aromatic N) is 2. The van der Waals surface area contributed by atoms with Crippen LogP contribution >= 0.6 is 11.6 Å². The lowest BCUT2D eigenvalue weighted by atomic mass is 10.1. The molecule has 0 spiro atoms. The van der Waals surface area contributed by atoms with Gasteiger partial charge in [0.05, 0.1) is 0 Å². The Kier molecular flexibility index (Phi) is 5.46. The van der Waals surface area contributed by atoms with Crippen LogP contribution in [0.5, 0.6) is 0 Å². The van der Waals surface area contributed by atoms with Gasteiger partial charge in [0, 0.05) is 29.0 Å². The zero-order valence-corrected chi connectivity index (χ0v) is 14.5. The van der Waals surface area contributed by atoms with Crippen LogP contribution in [-0.2, 0) is 6.42 Å². The molecule has 2 N–H and O–H groups in total. The lowest BCUT2D eigenvalue weighted by Gasteiger charge is -2.10. The van der Waals surface area contributed by atoms with Crippen molar-refractivity contribution < 1.29 is 4.39 Å². The maximum atomic E-state index is 13.3. The van der Waals surface area contributed by atoms with Crippen molar-refractivity contribution >= 4 is 29.1 Å². The summed E-state index contributed by atoms with van der Waals surface area (Å²) >= 11 is 5.99. The third-order valence-corrected chi connectivity index (χ3v) is 3.78. The zero-order valence-electron chi connectivity index (χ0n) is 13.8. The van der Waals surface area contributed by atoms with E-state index in [1.807, 2.05) is 37.3 Å². The molecule has 0 saturated carbocycles. The highest BCUT2D eigenvalue weighted by atomic mass is 35.5. The van der Waals surface area contributed by atoms with Gasteiger partial charge >= 0.3 is 0 Å². The summed E-state index contributed by atoms with van der Waals surface area (Å²) in [6, 6.07) is 15.8. The molecule has 0 unspecified atom stereocenters. The largest absolute Gasteiger partial charge is 0.370 e. The van der Waals surface area contributed by atoms with Crippen LogP contribution in [0.1, 0.15) is 11.3 Å². The van der Waals surface area contributed by atoms with Crippen molar-refractivity contribution in [1.29, 1.82) is 0 Å². The van der Waals surface area contributed by atoms with E-state index in [9.17, 15) is 4.39 Å². The molecular weight excluding hydrogens is 339 g/mol. The first-order valence-electron chi connectivity index (χ1n) is 7.95. The fourth-order valence-corrected chi connectivity index (χ4v) is 2.65. The predicted molar refractivity (Wildman–Crippen MR) is 100 cm³/mol. The van der Waals surface area contributed by atoms with E-state index in [2.05, 4.69) is 20.6 Å². The molecule has 2 aromatic carbocycles. The molecule has 1 heterocycles. The summed E-state index contributed by atoms with van der Waals surface area (Å²) in [5.74, 6) is 0.835. The summed E-state index contributed by atoms with van der Waals surface area (Å²) in [6.45, 7) is 2.61. The van der Waals surface area contributed by atoms with Crippen molar-refractivity contribution in [2.24, 2.45) is 0 Å². The Morgan fingerprint density at radius 2 is 1.88 bits per heavy atom. The monoisotopic (exact) mass is 356 g/mol. The highest BCUT2D eigenvalue weighted by Crippen LogP contribution is 2.17. The van der Waals surface area contributed by atoms with Gasteiger partial charge < -0.3 is 10.6 Å². The zero-order chi connectivity index (χ0) is 17.6. The van der Waals surface area contributed by atoms with Crippen LogP contribution in [0.25, 0.3) is 0 Å². The smallest absolute Gasteiger partial charge is 0.229 e. The van der Waals surface area contributed by atoms with Gasteiger partial charge in [0.15, 0.2) is 0 Å². The molecule has 0 atom stereocenters. The summed E-state index contributed by atoms with van der Waals surface area (Å²) in [4.78, 5) is 8.76. The van der Waals surface area contributed by atoms with Crippen molar-refractivity contribution in [2.45, 2.75) is 13.3 Å². The molecule has 0 saturated heterocycles. The number of rotatable bonds is 6. The lowest BCUT2D eigenvalue weighted by molar-refractivity contribution is 0.628. The average Bonchev–Trinajstić information content (AvgIpc) is 2.54. The van der Waals surface area contributed by atoms with Crippen molar-refractivity contribution in [3.05, 3.63) is 76.7 Å². The van der Waals surface area contributed by atoms with Gasteiger partial charge in [-0.2, -0.15) is 4.98 Å². The van der Waals surface area contributed by atoms with Gasteiger partial charge in [-0.15, -0.1) is 0 Å². The number of hydrogen-bond acceptors (Lipinski definition) is 4. The average molecular weight is 357 g/mol. The van der Waals surface area contributed by atoms with Gasteiger partial charge in [0.1, 0.15) is 11.6 Å². The molecule has 3 rings (SSSR count). The number of halogens is 2. The van der Waals surface area contributed by atoms with E-state index in [0.29, 0.717) is 17.5 Å². The minimum Gasteiger partial charge on any atom is -0.370 e. The number of aromatic nitrogens is 2. The second-order valence-electron chi connectivity index (χ2n) is 5.66. The van der Waals surface area contributed by atoms with Gasteiger partial charge in [0.2, 0.25) is 5.95 Å². The normalized spacial score (nSPS) is 10.5. The summed E-state index contributed by atoms with van der Waals surface area (Å²) in [5, 5.41) is 7.04. The second-order valence-corrected chi connectivity index (χ2v) is 6.10. The Bertz CT molecular complexity index is 870. The molecule has 0 aliphatic rings. The van der Waals surface area contributed by atoms with Gasteiger partial charge in [-0.3, -0.25) is 0 Å². The summed E-state index contributed by atoms with van der Waals surface area (Å²) in [7, 11) is 0. The fourth-order valence-electron chi connectivity index (χ4n) is 2.44. The van der Waals surface area contributed by atoms with Gasteiger partial charge in [-0.05, 0) is 49.2 Å². The molecule has 0 bridgehead atoms. The Morgan fingerprint density at radius 1 is 1.04 bits per heavy atom. The van der Waals surface area contributed by atoms with E-state index >= 15 is 0 Å². The van der Waals surface area contributed by atoms with Crippen LogP contribution in [0.4, 0.5) is 21.8 Å². The van der Waals surface area contributed by atoms with E-state index in [0.717, 1.165) is 29.2 Å². The van der Waals surface area contributed by atoms with Crippen molar-refractivity contribution in [2.75, 3.05) is 17.2 Å². The second kappa shape index (κ2) is 7.94. The molecule has 0 amide bonds. The van der Waals surface area contributed by atoms with Crippen molar-refractivity contribution in [3.63, 3.8) is 0 Å². The molecule has 4 nitrogen and oxygen atoms in total. The van der Waals surface area contributed by atoms with Gasteiger partial charge in [-0.1, -0.05) is 29.8 Å². The highest BCUT2D eigenvalue weighted by molar-refractivity contribution is 6.30. The molecule has 6 heteroatoms. The minimum atomic E-state index is -0.308. The molecule has 0 radical (unpaired) electrons. The van der Waals surface area contributed by atoms with Gasteiger partial charge in [-0.25, -0.2) is 9.37 Å². The standard InChI is InChI=1S/C19H18ClFN4/c1-13-10-18(22-9-8-14-4-2-5-15(20)11-14)25-19(23-13)24-17-7-3-6-16(21)12-17/h2-7,10-12H,8-9H2,1H3,(H2,22,23,24,25). The first-order valence-corrected chi connectivity index (χ1v) is 8.33. The molecule has 0 aliphatic carbocycles. The van der Waals surface area contributed by atoms with Crippen LogP contribution in [0, 0.1) is 12.7 Å². The Labute approximate surface area is 151 Å². The van der Waals surface area contributed by atoms with E-state index in [-0.39, 0.29) is 5.82 Å². The topological polar surface area (TPSA) is 49.8 Å². The maximum absolute atomic E-state index is 13.3. The van der Waals surface area contributed by atoms with Crippen LogP contribution in [-0.4, -0.2) is 16.5 Å². The number of benzene rings is 2. The summed E-state index contributed by atoms with van der Waals surface area (Å²) < 4.78 is 13.3. The quantitative estimate of drug-likeness (QED) is 0.654. The Morgan fingerprint density at radius 3 is 2.68 bits per heavy atom. The first kappa shape index (κ1) is 17.2. The third-order valence-electron chi connectivity index (χ3n) is 3.54. The summed E-state index contributed by atoms with van der Waals surface area (Å²) in [5.41, 5.74) is 2.58. The Hall–Kier alpha value is -2.66. The van der Waals surface area contributed by atoms with Crippen LogP contribution < -0.4 is 10.6 Å². The molecule has 0 aliphatic heterocycles.